The Morgan fingerprint density at radius 2 is 1.93 bits per heavy atom. The minimum absolute atomic E-state index is 0.140. The average molecular weight is 212 g/mol. The lowest BCUT2D eigenvalue weighted by Crippen LogP contribution is -2.11. The number of rotatable bonds is 3. The number of sulfone groups is 1. The second kappa shape index (κ2) is 3.37. The molecule has 4 heteroatoms. The number of ether oxygens (including phenoxy) is 1. The van der Waals surface area contributed by atoms with Gasteiger partial charge in [0.1, 0.15) is 6.10 Å². The van der Waals surface area contributed by atoms with Crippen LogP contribution in [0.15, 0.2) is 30.3 Å². The number of benzene rings is 1. The summed E-state index contributed by atoms with van der Waals surface area (Å²) in [5, 5.41) is 0. The van der Waals surface area contributed by atoms with Crippen molar-refractivity contribution in [2.45, 2.75) is 18.5 Å². The van der Waals surface area contributed by atoms with Crippen LogP contribution >= 0.6 is 0 Å². The summed E-state index contributed by atoms with van der Waals surface area (Å²) in [6.45, 7) is 1.64. The van der Waals surface area contributed by atoms with Crippen LogP contribution in [-0.4, -0.2) is 19.6 Å². The van der Waals surface area contributed by atoms with E-state index in [0.717, 1.165) is 5.56 Å². The number of hydrogen-bond acceptors (Lipinski definition) is 3. The van der Waals surface area contributed by atoms with Gasteiger partial charge in [-0.15, -0.1) is 0 Å². The van der Waals surface area contributed by atoms with E-state index in [9.17, 15) is 8.42 Å². The fourth-order valence-electron chi connectivity index (χ4n) is 1.41. The smallest absolute Gasteiger partial charge is 0.189 e. The van der Waals surface area contributed by atoms with E-state index in [0.29, 0.717) is 0 Å². The van der Waals surface area contributed by atoms with Gasteiger partial charge in [-0.05, 0) is 5.56 Å². The van der Waals surface area contributed by atoms with E-state index >= 15 is 0 Å². The SMILES string of the molecule is CCS(=O)(=O)[C@@H]1O[C@H]1c1ccccc1. The molecule has 2 atom stereocenters. The first-order valence-electron chi connectivity index (χ1n) is 4.57. The largest absolute Gasteiger partial charge is 0.347 e. The molecule has 0 aliphatic carbocycles. The van der Waals surface area contributed by atoms with Gasteiger partial charge in [0, 0.05) is 0 Å². The van der Waals surface area contributed by atoms with Crippen molar-refractivity contribution >= 4 is 9.84 Å². The number of hydrogen-bond donors (Lipinski definition) is 0. The molecule has 1 aromatic rings. The van der Waals surface area contributed by atoms with Crippen molar-refractivity contribution in [1.82, 2.24) is 0 Å². The zero-order chi connectivity index (χ0) is 10.2. The molecule has 0 aromatic heterocycles. The van der Waals surface area contributed by atoms with Crippen molar-refractivity contribution < 1.29 is 13.2 Å². The highest BCUT2D eigenvalue weighted by Gasteiger charge is 2.49. The Labute approximate surface area is 83.6 Å². The van der Waals surface area contributed by atoms with Crippen molar-refractivity contribution in [2.24, 2.45) is 0 Å². The third-order valence-electron chi connectivity index (χ3n) is 2.34. The van der Waals surface area contributed by atoms with Crippen LogP contribution in [0, 0.1) is 0 Å². The van der Waals surface area contributed by atoms with Crippen LogP contribution in [0.2, 0.25) is 0 Å². The summed E-state index contributed by atoms with van der Waals surface area (Å²) in [6, 6.07) is 9.43. The third kappa shape index (κ3) is 1.67. The van der Waals surface area contributed by atoms with E-state index in [1.165, 1.54) is 0 Å². The second-order valence-electron chi connectivity index (χ2n) is 3.29. The first kappa shape index (κ1) is 9.68. The zero-order valence-electron chi connectivity index (χ0n) is 7.88. The molecule has 1 aliphatic heterocycles. The Bertz CT molecular complexity index is 410. The van der Waals surface area contributed by atoms with Crippen LogP contribution in [0.4, 0.5) is 0 Å². The first-order valence-corrected chi connectivity index (χ1v) is 6.28. The van der Waals surface area contributed by atoms with Gasteiger partial charge in [0.25, 0.3) is 0 Å². The summed E-state index contributed by atoms with van der Waals surface area (Å²) in [7, 11) is -3.04. The lowest BCUT2D eigenvalue weighted by Gasteiger charge is -1.95. The highest BCUT2D eigenvalue weighted by atomic mass is 32.2. The molecule has 1 aromatic carbocycles. The fraction of sp³-hybridized carbons (Fsp3) is 0.400. The first-order chi connectivity index (χ1) is 6.65. The Hall–Kier alpha value is -0.870. The molecule has 3 nitrogen and oxygen atoms in total. The lowest BCUT2D eigenvalue weighted by molar-refractivity contribution is 0.399. The van der Waals surface area contributed by atoms with Gasteiger partial charge in [-0.3, -0.25) is 0 Å². The van der Waals surface area contributed by atoms with E-state index in [4.69, 9.17) is 4.74 Å². The summed E-state index contributed by atoms with van der Waals surface area (Å²) in [5.41, 5.74) is 0.324. The van der Waals surface area contributed by atoms with Crippen LogP contribution in [0.5, 0.6) is 0 Å². The molecule has 0 N–H and O–H groups in total. The molecule has 14 heavy (non-hydrogen) atoms. The molecule has 0 bridgehead atoms. The third-order valence-corrected chi connectivity index (χ3v) is 4.21. The maximum atomic E-state index is 11.4. The van der Waals surface area contributed by atoms with Crippen molar-refractivity contribution in [3.8, 4) is 0 Å². The Kier molecular flexibility index (Phi) is 2.33. The summed E-state index contributed by atoms with van der Waals surface area (Å²) in [4.78, 5) is 0. The Balaban J connectivity index is 2.15. The summed E-state index contributed by atoms with van der Waals surface area (Å²) < 4.78 is 28.0. The quantitative estimate of drug-likeness (QED) is 0.714. The van der Waals surface area contributed by atoms with E-state index in [2.05, 4.69) is 0 Å². The predicted octanol–water partition coefficient (Wildman–Crippen LogP) is 1.52. The van der Waals surface area contributed by atoms with Crippen LogP contribution in [0.3, 0.4) is 0 Å². The number of epoxide rings is 1. The van der Waals surface area contributed by atoms with Crippen molar-refractivity contribution in [1.29, 1.82) is 0 Å². The minimum Gasteiger partial charge on any atom is -0.347 e. The maximum absolute atomic E-state index is 11.4. The van der Waals surface area contributed by atoms with Crippen LogP contribution < -0.4 is 0 Å². The molecule has 1 fully saturated rings. The molecule has 0 radical (unpaired) electrons. The monoisotopic (exact) mass is 212 g/mol. The van der Waals surface area contributed by atoms with Gasteiger partial charge in [-0.2, -0.15) is 0 Å². The van der Waals surface area contributed by atoms with Gasteiger partial charge >= 0.3 is 0 Å². The Morgan fingerprint density at radius 3 is 2.50 bits per heavy atom. The minimum atomic E-state index is -3.04. The molecule has 1 saturated heterocycles. The van der Waals surface area contributed by atoms with Crippen LogP contribution in [0.1, 0.15) is 18.6 Å². The van der Waals surface area contributed by atoms with Gasteiger partial charge < -0.3 is 4.74 Å². The average Bonchev–Trinajstić information content (AvgIpc) is 2.99. The molecule has 0 spiro atoms. The summed E-state index contributed by atoms with van der Waals surface area (Å²) >= 11 is 0. The fourth-order valence-corrected chi connectivity index (χ4v) is 2.57. The van der Waals surface area contributed by atoms with Gasteiger partial charge in [0.2, 0.25) is 0 Å². The summed E-state index contributed by atoms with van der Waals surface area (Å²) in [6.07, 6.45) is -0.249. The van der Waals surface area contributed by atoms with E-state index < -0.39 is 15.3 Å². The molecular formula is C10H12O3S. The Morgan fingerprint density at radius 1 is 1.29 bits per heavy atom. The van der Waals surface area contributed by atoms with Gasteiger partial charge in [0.05, 0.1) is 5.75 Å². The predicted molar refractivity (Wildman–Crippen MR) is 53.5 cm³/mol. The second-order valence-corrected chi connectivity index (χ2v) is 5.65. The molecule has 0 saturated carbocycles. The molecule has 2 rings (SSSR count). The van der Waals surface area contributed by atoms with Crippen molar-refractivity contribution in [2.75, 3.05) is 5.75 Å². The van der Waals surface area contributed by atoms with E-state index in [1.807, 2.05) is 30.3 Å². The molecule has 76 valence electrons. The van der Waals surface area contributed by atoms with E-state index in [1.54, 1.807) is 6.92 Å². The molecule has 1 aliphatic rings. The summed E-state index contributed by atoms with van der Waals surface area (Å²) in [5.74, 6) is 0.140. The molecule has 0 amide bonds. The molecule has 1 heterocycles. The van der Waals surface area contributed by atoms with Crippen molar-refractivity contribution in [3.05, 3.63) is 35.9 Å². The lowest BCUT2D eigenvalue weighted by atomic mass is 10.2. The molecular weight excluding hydrogens is 200 g/mol. The van der Waals surface area contributed by atoms with Gasteiger partial charge in [-0.25, -0.2) is 8.42 Å². The standard InChI is InChI=1S/C10H12O3S/c1-2-14(11,12)10-9(13-10)8-6-4-3-5-7-8/h3-7,9-10H,2H2,1H3/t9-,10-/m0/s1. The topological polar surface area (TPSA) is 46.7 Å². The zero-order valence-corrected chi connectivity index (χ0v) is 8.70. The van der Waals surface area contributed by atoms with Crippen molar-refractivity contribution in [3.63, 3.8) is 0 Å². The van der Waals surface area contributed by atoms with Gasteiger partial charge in [-0.1, -0.05) is 37.3 Å². The highest BCUT2D eigenvalue weighted by Crippen LogP contribution is 2.42. The van der Waals surface area contributed by atoms with E-state index in [-0.39, 0.29) is 11.9 Å². The molecule has 0 unspecified atom stereocenters. The van der Waals surface area contributed by atoms with Crippen LogP contribution in [0.25, 0.3) is 0 Å². The maximum Gasteiger partial charge on any atom is 0.189 e. The normalized spacial score (nSPS) is 26.1. The van der Waals surface area contributed by atoms with Gasteiger partial charge in [0.15, 0.2) is 15.3 Å². The van der Waals surface area contributed by atoms with Crippen LogP contribution in [-0.2, 0) is 14.6 Å². The highest BCUT2D eigenvalue weighted by molar-refractivity contribution is 7.92.